The molecule has 1 aromatic carbocycles. The molecule has 1 atom stereocenters. The summed E-state index contributed by atoms with van der Waals surface area (Å²) < 4.78 is 44.7. The van der Waals surface area contributed by atoms with Gasteiger partial charge in [-0.15, -0.1) is 0 Å². The second kappa shape index (κ2) is 8.86. The van der Waals surface area contributed by atoms with Crippen LogP contribution in [-0.2, 0) is 14.3 Å². The summed E-state index contributed by atoms with van der Waals surface area (Å²) in [5, 5.41) is 8.96. The number of hydrogen-bond donors (Lipinski definition) is 1. The maximum atomic E-state index is 14.4. The smallest absolute Gasteiger partial charge is 0.381 e. The summed E-state index contributed by atoms with van der Waals surface area (Å²) in [6.45, 7) is 3.85. The number of aliphatic carboxylic acids is 1. The van der Waals surface area contributed by atoms with Gasteiger partial charge in [0.05, 0.1) is 5.56 Å². The summed E-state index contributed by atoms with van der Waals surface area (Å²) in [5.74, 6) is -6.89. The fraction of sp³-hybridized carbons (Fsp3) is 0.600. The van der Waals surface area contributed by atoms with Gasteiger partial charge in [0.25, 0.3) is 0 Å². The van der Waals surface area contributed by atoms with Gasteiger partial charge >= 0.3 is 17.9 Å². The van der Waals surface area contributed by atoms with Crippen LogP contribution in [0.2, 0.25) is 0 Å². The van der Waals surface area contributed by atoms with Crippen molar-refractivity contribution < 1.29 is 37.7 Å². The van der Waals surface area contributed by atoms with Crippen molar-refractivity contribution in [3.05, 3.63) is 29.8 Å². The Hall–Kier alpha value is -2.22. The van der Waals surface area contributed by atoms with Crippen LogP contribution in [-0.4, -0.2) is 42.0 Å². The average molecular weight is 400 g/mol. The number of carboxylic acid groups (broad SMARTS) is 1. The van der Waals surface area contributed by atoms with Crippen molar-refractivity contribution >= 4 is 11.9 Å². The first kappa shape index (κ1) is 22.1. The number of halogens is 2. The molecular weight excluding hydrogens is 374 g/mol. The highest BCUT2D eigenvalue weighted by molar-refractivity contribution is 5.90. The summed E-state index contributed by atoms with van der Waals surface area (Å²) >= 11 is 0. The van der Waals surface area contributed by atoms with Gasteiger partial charge in [0.2, 0.25) is 6.29 Å². The Labute approximate surface area is 162 Å². The fourth-order valence-electron chi connectivity index (χ4n) is 3.29. The molecule has 156 valence electrons. The van der Waals surface area contributed by atoms with Gasteiger partial charge in [-0.1, -0.05) is 20.3 Å². The van der Waals surface area contributed by atoms with Crippen LogP contribution < -0.4 is 4.74 Å². The number of methoxy groups -OCH3 is 1. The van der Waals surface area contributed by atoms with Gasteiger partial charge in [-0.05, 0) is 49.9 Å². The molecule has 0 aromatic heterocycles. The van der Waals surface area contributed by atoms with E-state index in [1.54, 1.807) is 0 Å². The maximum absolute atomic E-state index is 14.4. The third kappa shape index (κ3) is 4.60. The molecule has 6 nitrogen and oxygen atoms in total. The van der Waals surface area contributed by atoms with Gasteiger partial charge in [0.15, 0.2) is 5.60 Å². The van der Waals surface area contributed by atoms with Crippen LogP contribution >= 0.6 is 0 Å². The Kier molecular flexibility index (Phi) is 6.98. The topological polar surface area (TPSA) is 82.1 Å². The monoisotopic (exact) mass is 400 g/mol. The number of esters is 1. The lowest BCUT2D eigenvalue weighted by Crippen LogP contribution is -2.56. The largest absolute Gasteiger partial charge is 0.477 e. The van der Waals surface area contributed by atoms with Crippen LogP contribution in [0.5, 0.6) is 5.75 Å². The minimum Gasteiger partial charge on any atom is -0.477 e. The predicted molar refractivity (Wildman–Crippen MR) is 96.5 cm³/mol. The molecule has 1 saturated carbocycles. The molecule has 1 unspecified atom stereocenters. The van der Waals surface area contributed by atoms with Gasteiger partial charge in [0.1, 0.15) is 5.75 Å². The summed E-state index contributed by atoms with van der Waals surface area (Å²) in [6.07, 6.45) is 0.578. The molecule has 0 bridgehead atoms. The number of carboxylic acids is 1. The van der Waals surface area contributed by atoms with E-state index in [1.165, 1.54) is 31.4 Å². The molecule has 1 aliphatic carbocycles. The molecule has 28 heavy (non-hydrogen) atoms. The zero-order chi connectivity index (χ0) is 20.9. The van der Waals surface area contributed by atoms with Crippen LogP contribution in [0.15, 0.2) is 24.3 Å². The van der Waals surface area contributed by atoms with Gasteiger partial charge in [-0.2, -0.15) is 8.78 Å². The number of ether oxygens (including phenoxy) is 3. The van der Waals surface area contributed by atoms with Crippen molar-refractivity contribution in [3.63, 3.8) is 0 Å². The molecule has 1 aliphatic rings. The Morgan fingerprint density at radius 3 is 2.14 bits per heavy atom. The van der Waals surface area contributed by atoms with E-state index in [0.717, 1.165) is 0 Å². The normalized spacial score (nSPS) is 17.8. The first-order chi connectivity index (χ1) is 13.1. The zero-order valence-corrected chi connectivity index (χ0v) is 16.2. The van der Waals surface area contributed by atoms with E-state index in [0.29, 0.717) is 25.0 Å². The average Bonchev–Trinajstić information content (AvgIpc) is 2.66. The SMILES string of the molecule is COC(Oc1ccc(C(=O)OC2(C(F)(F)C(=O)O)CCCCC2)cc1)C(C)C. The summed E-state index contributed by atoms with van der Waals surface area (Å²) in [6, 6.07) is 5.79. The molecule has 0 aliphatic heterocycles. The van der Waals surface area contributed by atoms with Gasteiger partial charge in [0, 0.05) is 13.0 Å². The number of hydrogen-bond acceptors (Lipinski definition) is 5. The Morgan fingerprint density at radius 1 is 1.11 bits per heavy atom. The molecule has 0 saturated heterocycles. The van der Waals surface area contributed by atoms with Crippen molar-refractivity contribution in [2.24, 2.45) is 5.92 Å². The van der Waals surface area contributed by atoms with Gasteiger partial charge in [-0.25, -0.2) is 9.59 Å². The van der Waals surface area contributed by atoms with Crippen molar-refractivity contribution in [1.29, 1.82) is 0 Å². The lowest BCUT2D eigenvalue weighted by atomic mass is 9.79. The molecule has 1 N–H and O–H groups in total. The zero-order valence-electron chi connectivity index (χ0n) is 16.2. The van der Waals surface area contributed by atoms with Crippen LogP contribution in [0.25, 0.3) is 0 Å². The highest BCUT2D eigenvalue weighted by atomic mass is 19.3. The van der Waals surface area contributed by atoms with E-state index in [-0.39, 0.29) is 24.3 Å². The molecular formula is C20H26F2O6. The summed E-state index contributed by atoms with van der Waals surface area (Å²) in [4.78, 5) is 23.6. The third-order valence-electron chi connectivity index (χ3n) is 4.91. The van der Waals surface area contributed by atoms with E-state index >= 15 is 0 Å². The highest BCUT2D eigenvalue weighted by Crippen LogP contribution is 2.44. The minimum atomic E-state index is -4.16. The predicted octanol–water partition coefficient (Wildman–Crippen LogP) is 4.27. The second-order valence-electron chi connectivity index (χ2n) is 7.31. The molecule has 2 rings (SSSR count). The molecule has 0 radical (unpaired) electrons. The Balaban J connectivity index is 2.17. The Bertz CT molecular complexity index is 680. The Morgan fingerprint density at radius 2 is 1.68 bits per heavy atom. The van der Waals surface area contributed by atoms with Crippen LogP contribution in [0.1, 0.15) is 56.3 Å². The lowest BCUT2D eigenvalue weighted by molar-refractivity contribution is -0.215. The fourth-order valence-corrected chi connectivity index (χ4v) is 3.29. The lowest BCUT2D eigenvalue weighted by Gasteiger charge is -2.40. The molecule has 0 spiro atoms. The molecule has 1 aromatic rings. The van der Waals surface area contributed by atoms with E-state index < -0.39 is 29.8 Å². The number of rotatable bonds is 8. The van der Waals surface area contributed by atoms with E-state index in [4.69, 9.17) is 19.3 Å². The van der Waals surface area contributed by atoms with Crippen molar-refractivity contribution in [2.75, 3.05) is 7.11 Å². The summed E-state index contributed by atoms with van der Waals surface area (Å²) in [5.41, 5.74) is -2.29. The molecule has 8 heteroatoms. The van der Waals surface area contributed by atoms with Crippen molar-refractivity contribution in [2.45, 2.75) is 63.8 Å². The van der Waals surface area contributed by atoms with Crippen LogP contribution in [0.4, 0.5) is 8.78 Å². The first-order valence-electron chi connectivity index (χ1n) is 9.27. The van der Waals surface area contributed by atoms with Crippen LogP contribution in [0, 0.1) is 5.92 Å². The number of carbonyl (C=O) groups excluding carboxylic acids is 1. The van der Waals surface area contributed by atoms with Crippen molar-refractivity contribution in [1.82, 2.24) is 0 Å². The standard InChI is InChI=1S/C20H26F2O6/c1-13(2)17(26-3)27-15-9-7-14(8-10-15)16(23)28-19(11-5-4-6-12-19)20(21,22)18(24)25/h7-10,13,17H,4-6,11-12H2,1-3H3,(H,24,25). The van der Waals surface area contributed by atoms with E-state index in [9.17, 15) is 18.4 Å². The van der Waals surface area contributed by atoms with Crippen LogP contribution in [0.3, 0.4) is 0 Å². The molecule has 0 heterocycles. The summed E-state index contributed by atoms with van der Waals surface area (Å²) in [7, 11) is 1.52. The van der Waals surface area contributed by atoms with Gasteiger partial charge < -0.3 is 19.3 Å². The number of carbonyl (C=O) groups is 2. The third-order valence-corrected chi connectivity index (χ3v) is 4.91. The highest BCUT2D eigenvalue weighted by Gasteiger charge is 2.62. The number of alkyl halides is 2. The van der Waals surface area contributed by atoms with E-state index in [1.807, 2.05) is 13.8 Å². The van der Waals surface area contributed by atoms with E-state index in [2.05, 4.69) is 0 Å². The molecule has 1 fully saturated rings. The quantitative estimate of drug-likeness (QED) is 0.518. The maximum Gasteiger partial charge on any atom is 0.381 e. The molecule has 0 amide bonds. The minimum absolute atomic E-state index is 0.0389. The van der Waals surface area contributed by atoms with Gasteiger partial charge in [-0.3, -0.25) is 0 Å². The van der Waals surface area contributed by atoms with Crippen molar-refractivity contribution in [3.8, 4) is 5.75 Å². The number of benzene rings is 1. The first-order valence-corrected chi connectivity index (χ1v) is 9.27. The second-order valence-corrected chi connectivity index (χ2v) is 7.31.